The predicted molar refractivity (Wildman–Crippen MR) is 147 cm³/mol. The molecule has 0 aliphatic rings. The Bertz CT molecular complexity index is 1740. The molecule has 0 radical (unpaired) electrons. The quantitative estimate of drug-likeness (QED) is 0.147. The SMILES string of the molecule is O=[N+]([O-])c1ccc(-[n+]2ccc(-c3ccc(-c4cc[n+](-c5ccc([N+](=O)[O-])cc5[N+](=O)[O-])cc4)cc3)cc2)c([N+](=O)[O-])c1.[Cl-]. The lowest BCUT2D eigenvalue weighted by atomic mass is 10.0. The highest BCUT2D eigenvalue weighted by Crippen LogP contribution is 2.28. The minimum absolute atomic E-state index is 0. The third-order valence-corrected chi connectivity index (χ3v) is 6.50. The molecule has 2 aromatic heterocycles. The summed E-state index contributed by atoms with van der Waals surface area (Å²) in [4.78, 5) is 42.3. The fraction of sp³-hybridized carbons (Fsp3) is 0. The third-order valence-electron chi connectivity index (χ3n) is 6.50. The molecule has 43 heavy (non-hydrogen) atoms. The average Bonchev–Trinajstić information content (AvgIpc) is 3.00. The molecule has 5 rings (SSSR count). The number of rotatable bonds is 8. The largest absolute Gasteiger partial charge is 1.00 e. The molecule has 15 heteroatoms. The molecule has 0 aliphatic heterocycles. The van der Waals surface area contributed by atoms with E-state index in [2.05, 4.69) is 0 Å². The number of non-ortho nitro benzene ring substituents is 2. The maximum atomic E-state index is 11.5. The van der Waals surface area contributed by atoms with E-state index in [1.807, 2.05) is 24.3 Å². The number of pyridine rings is 2. The van der Waals surface area contributed by atoms with E-state index in [0.717, 1.165) is 34.4 Å². The monoisotopic (exact) mass is 601 g/mol. The third kappa shape index (κ3) is 6.13. The first-order valence-electron chi connectivity index (χ1n) is 12.1. The highest BCUT2D eigenvalue weighted by molar-refractivity contribution is 5.69. The summed E-state index contributed by atoms with van der Waals surface area (Å²) in [6.07, 6.45) is 6.52. The number of nitro benzene ring substituents is 4. The summed E-state index contributed by atoms with van der Waals surface area (Å²) < 4.78 is 3.02. The molecule has 0 atom stereocenters. The molecule has 14 nitrogen and oxygen atoms in total. The molecule has 2 heterocycles. The van der Waals surface area contributed by atoms with Gasteiger partial charge in [0.1, 0.15) is 12.1 Å². The smallest absolute Gasteiger partial charge is 0.347 e. The second-order valence-corrected chi connectivity index (χ2v) is 8.94. The molecule has 0 saturated carbocycles. The normalized spacial score (nSPS) is 10.4. The fourth-order valence-corrected chi connectivity index (χ4v) is 4.39. The Morgan fingerprint density at radius 2 is 0.721 bits per heavy atom. The maximum Gasteiger partial charge on any atom is 0.347 e. The highest BCUT2D eigenvalue weighted by Gasteiger charge is 2.27. The van der Waals surface area contributed by atoms with Crippen molar-refractivity contribution < 1.29 is 41.2 Å². The molecule has 0 amide bonds. The molecule has 0 bridgehead atoms. The van der Waals surface area contributed by atoms with Crippen LogP contribution in [-0.2, 0) is 0 Å². The molecule has 0 spiro atoms. The molecule has 0 aliphatic carbocycles. The second-order valence-electron chi connectivity index (χ2n) is 8.94. The zero-order chi connectivity index (χ0) is 30.0. The van der Waals surface area contributed by atoms with Crippen LogP contribution in [0.25, 0.3) is 33.6 Å². The Hall–Kier alpha value is -6.15. The Balaban J connectivity index is 0.00000423. The lowest BCUT2D eigenvalue weighted by molar-refractivity contribution is -0.601. The zero-order valence-electron chi connectivity index (χ0n) is 21.7. The Morgan fingerprint density at radius 1 is 0.419 bits per heavy atom. The van der Waals surface area contributed by atoms with Gasteiger partial charge in [-0.3, -0.25) is 40.5 Å². The van der Waals surface area contributed by atoms with Crippen LogP contribution in [0.15, 0.2) is 110 Å². The predicted octanol–water partition coefficient (Wildman–Crippen LogP) is 2.21. The van der Waals surface area contributed by atoms with Crippen LogP contribution in [0.1, 0.15) is 0 Å². The number of nitrogens with zero attached hydrogens (tertiary/aromatic N) is 6. The summed E-state index contributed by atoms with van der Waals surface area (Å²) in [6, 6.07) is 21.6. The summed E-state index contributed by atoms with van der Waals surface area (Å²) in [7, 11) is 0. The van der Waals surface area contributed by atoms with Gasteiger partial charge < -0.3 is 12.4 Å². The van der Waals surface area contributed by atoms with Crippen LogP contribution in [-0.4, -0.2) is 19.7 Å². The average molecular weight is 602 g/mol. The lowest BCUT2D eigenvalue weighted by Crippen LogP contribution is -3.00. The Labute approximate surface area is 247 Å². The van der Waals surface area contributed by atoms with Gasteiger partial charge in [0.15, 0.2) is 24.8 Å². The number of benzene rings is 3. The summed E-state index contributed by atoms with van der Waals surface area (Å²) in [5.41, 5.74) is 2.26. The number of halogens is 1. The van der Waals surface area contributed by atoms with Crippen LogP contribution in [0.5, 0.6) is 0 Å². The summed E-state index contributed by atoms with van der Waals surface area (Å²) in [5, 5.41) is 45.0. The van der Waals surface area contributed by atoms with Crippen LogP contribution in [0.4, 0.5) is 22.7 Å². The van der Waals surface area contributed by atoms with E-state index in [1.165, 1.54) is 33.4 Å². The molecular formula is C28H18ClN6O8+. The van der Waals surface area contributed by atoms with Gasteiger partial charge in [0.2, 0.25) is 0 Å². The molecule has 5 aromatic rings. The second kappa shape index (κ2) is 12.2. The number of aromatic nitrogens is 2. The molecular weight excluding hydrogens is 584 g/mol. The topological polar surface area (TPSA) is 180 Å². The van der Waals surface area contributed by atoms with Crippen molar-refractivity contribution in [3.63, 3.8) is 0 Å². The first-order chi connectivity index (χ1) is 20.1. The highest BCUT2D eigenvalue weighted by atomic mass is 35.5. The molecule has 214 valence electrons. The molecule has 0 saturated heterocycles. The van der Waals surface area contributed by atoms with Crippen molar-refractivity contribution >= 4 is 22.7 Å². The number of hydrogen-bond donors (Lipinski definition) is 0. The van der Waals surface area contributed by atoms with Gasteiger partial charge in [-0.2, -0.15) is 9.13 Å². The fourth-order valence-electron chi connectivity index (χ4n) is 4.39. The van der Waals surface area contributed by atoms with Crippen molar-refractivity contribution in [1.82, 2.24) is 0 Å². The number of nitro groups is 4. The number of hydrogen-bond acceptors (Lipinski definition) is 8. The Kier molecular flexibility index (Phi) is 8.43. The van der Waals surface area contributed by atoms with Gasteiger partial charge in [-0.1, -0.05) is 24.3 Å². The van der Waals surface area contributed by atoms with Crippen LogP contribution < -0.4 is 21.5 Å². The Morgan fingerprint density at radius 3 is 1.00 bits per heavy atom. The summed E-state index contributed by atoms with van der Waals surface area (Å²) >= 11 is 0. The van der Waals surface area contributed by atoms with Crippen molar-refractivity contribution in [3.05, 3.63) is 150 Å². The van der Waals surface area contributed by atoms with Gasteiger partial charge >= 0.3 is 11.4 Å². The van der Waals surface area contributed by atoms with E-state index < -0.39 is 31.1 Å². The van der Waals surface area contributed by atoms with Gasteiger partial charge in [0.25, 0.3) is 22.7 Å². The van der Waals surface area contributed by atoms with E-state index in [4.69, 9.17) is 0 Å². The first-order valence-corrected chi connectivity index (χ1v) is 12.1. The first kappa shape index (κ1) is 29.8. The van der Waals surface area contributed by atoms with Crippen molar-refractivity contribution in [3.8, 4) is 33.6 Å². The van der Waals surface area contributed by atoms with Gasteiger partial charge in [-0.15, -0.1) is 0 Å². The van der Waals surface area contributed by atoms with Gasteiger partial charge in [0, 0.05) is 48.5 Å². The van der Waals surface area contributed by atoms with Crippen LogP contribution in [0, 0.1) is 40.5 Å². The van der Waals surface area contributed by atoms with Crippen molar-refractivity contribution in [2.45, 2.75) is 0 Å². The van der Waals surface area contributed by atoms with Crippen molar-refractivity contribution in [2.24, 2.45) is 0 Å². The van der Waals surface area contributed by atoms with E-state index >= 15 is 0 Å². The van der Waals surface area contributed by atoms with Crippen LogP contribution in [0.2, 0.25) is 0 Å². The maximum absolute atomic E-state index is 11.5. The van der Waals surface area contributed by atoms with E-state index in [-0.39, 0.29) is 35.2 Å². The van der Waals surface area contributed by atoms with Gasteiger partial charge in [-0.25, -0.2) is 0 Å². The van der Waals surface area contributed by atoms with Crippen molar-refractivity contribution in [1.29, 1.82) is 0 Å². The standard InChI is InChI=1S/C28H18N6O8.ClH/c35-31(36)23-5-7-25(27(17-23)33(39)40)29-13-9-21(10-14-29)19-1-2-20(4-3-19)22-11-15-30(16-12-22)26-8-6-24(32(37)38)18-28(26)34(41)42;/h1-18H;1H/q+2;/p-1. The van der Waals surface area contributed by atoms with E-state index in [0.29, 0.717) is 0 Å². The minimum Gasteiger partial charge on any atom is -1.00 e. The van der Waals surface area contributed by atoms with Crippen LogP contribution in [0.3, 0.4) is 0 Å². The zero-order valence-corrected chi connectivity index (χ0v) is 22.5. The molecule has 0 unspecified atom stereocenters. The summed E-state index contributed by atoms with van der Waals surface area (Å²) in [5.74, 6) is 0. The summed E-state index contributed by atoms with van der Waals surface area (Å²) in [6.45, 7) is 0. The lowest BCUT2D eigenvalue weighted by Gasteiger charge is -2.05. The van der Waals surface area contributed by atoms with Gasteiger partial charge in [0.05, 0.1) is 19.7 Å². The molecule has 3 aromatic carbocycles. The molecule has 0 fully saturated rings. The minimum atomic E-state index is -0.688. The molecule has 0 N–H and O–H groups in total. The van der Waals surface area contributed by atoms with E-state index in [9.17, 15) is 40.5 Å². The van der Waals surface area contributed by atoms with Crippen LogP contribution >= 0.6 is 0 Å². The van der Waals surface area contributed by atoms with Gasteiger partial charge in [-0.05, 0) is 22.3 Å². The van der Waals surface area contributed by atoms with E-state index in [1.54, 1.807) is 49.1 Å². The van der Waals surface area contributed by atoms with Crippen molar-refractivity contribution in [2.75, 3.05) is 0 Å².